The molecule has 1 atom stereocenters. The highest BCUT2D eigenvalue weighted by Crippen LogP contribution is 2.26. The molecule has 132 valence electrons. The Morgan fingerprint density at radius 2 is 2.00 bits per heavy atom. The van der Waals surface area contributed by atoms with Gasteiger partial charge in [0.05, 0.1) is 19.8 Å². The minimum absolute atomic E-state index is 0. The van der Waals surface area contributed by atoms with Crippen LogP contribution >= 0.6 is 21.6 Å². The fraction of sp³-hybridized carbons (Fsp3) is 0.812. The number of carbonyl (C=O) groups is 1. The number of rotatable bonds is 10. The van der Waals surface area contributed by atoms with E-state index in [0.717, 1.165) is 6.42 Å². The van der Waals surface area contributed by atoms with E-state index >= 15 is 0 Å². The molecule has 0 heterocycles. The van der Waals surface area contributed by atoms with Crippen LogP contribution in [0.3, 0.4) is 0 Å². The smallest absolute Gasteiger partial charge is 0.246 e. The van der Waals surface area contributed by atoms with Crippen LogP contribution in [0.1, 0.15) is 42.5 Å². The Hall–Kier alpha value is -0.350. The zero-order valence-corrected chi connectivity index (χ0v) is 16.4. The predicted octanol–water partition coefficient (Wildman–Crippen LogP) is 3.81. The van der Waals surface area contributed by atoms with E-state index in [-0.39, 0.29) is 19.4 Å². The Kier molecular flexibility index (Phi) is 20.3. The molecular weight excluding hydrogens is 318 g/mol. The summed E-state index contributed by atoms with van der Waals surface area (Å²) in [6.07, 6.45) is 2.99. The molecule has 1 unspecified atom stereocenters. The van der Waals surface area contributed by atoms with Crippen LogP contribution in [-0.4, -0.2) is 44.0 Å². The van der Waals surface area contributed by atoms with E-state index in [1.807, 2.05) is 34.0 Å². The molecule has 0 fully saturated rings. The van der Waals surface area contributed by atoms with Crippen LogP contribution in [0, 0.1) is 17.8 Å². The van der Waals surface area contributed by atoms with Crippen molar-refractivity contribution in [2.24, 2.45) is 5.92 Å². The van der Waals surface area contributed by atoms with Crippen LogP contribution in [0.15, 0.2) is 0 Å². The third-order valence-electron chi connectivity index (χ3n) is 2.07. The fourth-order valence-electron chi connectivity index (χ4n) is 1.17. The lowest BCUT2D eigenvalue weighted by Gasteiger charge is -2.13. The Labute approximate surface area is 145 Å². The van der Waals surface area contributed by atoms with Gasteiger partial charge in [-0.1, -0.05) is 68.0 Å². The lowest BCUT2D eigenvalue weighted by molar-refractivity contribution is -0.126. The second-order valence-corrected chi connectivity index (χ2v) is 6.91. The van der Waals surface area contributed by atoms with Gasteiger partial charge in [-0.25, -0.2) is 0 Å². The third kappa shape index (κ3) is 17.7. The molecule has 0 rings (SSSR count). The summed E-state index contributed by atoms with van der Waals surface area (Å²) in [4.78, 5) is 11.4. The summed E-state index contributed by atoms with van der Waals surface area (Å²) in [7, 11) is 3.39. The molecule has 22 heavy (non-hydrogen) atoms. The van der Waals surface area contributed by atoms with Crippen molar-refractivity contribution in [3.63, 3.8) is 0 Å². The van der Waals surface area contributed by atoms with Crippen LogP contribution < -0.4 is 5.32 Å². The summed E-state index contributed by atoms with van der Waals surface area (Å²) in [5, 5.41) is 2.68. The molecule has 6 heteroatoms. The summed E-state index contributed by atoms with van der Waals surface area (Å²) < 4.78 is 10.8. The van der Waals surface area contributed by atoms with Crippen molar-refractivity contribution in [3.05, 3.63) is 0 Å². The molecule has 1 N–H and O–H groups in total. The summed E-state index contributed by atoms with van der Waals surface area (Å²) in [5.74, 6) is 6.04. The number of amides is 1. The van der Waals surface area contributed by atoms with Gasteiger partial charge in [0.2, 0.25) is 5.91 Å². The highest BCUT2D eigenvalue weighted by Gasteiger charge is 2.06. The molecule has 0 aromatic carbocycles. The summed E-state index contributed by atoms with van der Waals surface area (Å²) in [6.45, 7) is 11.5. The maximum Gasteiger partial charge on any atom is 0.246 e. The second-order valence-electron chi connectivity index (χ2n) is 4.28. The fourth-order valence-corrected chi connectivity index (χ4v) is 2.89. The van der Waals surface area contributed by atoms with E-state index in [0.29, 0.717) is 25.7 Å². The molecule has 0 aromatic heterocycles. The monoisotopic (exact) mass is 351 g/mol. The highest BCUT2D eigenvalue weighted by molar-refractivity contribution is 8.76. The van der Waals surface area contributed by atoms with Crippen molar-refractivity contribution < 1.29 is 15.7 Å². The van der Waals surface area contributed by atoms with Crippen LogP contribution in [0.4, 0.5) is 0 Å². The van der Waals surface area contributed by atoms with Gasteiger partial charge >= 0.3 is 0 Å². The van der Waals surface area contributed by atoms with Crippen molar-refractivity contribution in [3.8, 4) is 11.8 Å². The van der Waals surface area contributed by atoms with Gasteiger partial charge in [-0.2, -0.15) is 0 Å². The van der Waals surface area contributed by atoms with Gasteiger partial charge in [-0.3, -0.25) is 4.79 Å². The molecule has 0 spiro atoms. The van der Waals surface area contributed by atoms with Gasteiger partial charge in [0.15, 0.2) is 0 Å². The standard InChI is InChI=1S/C14H25NO3S2.C2H6.H2/c1-5-14(20-19-4)18-10-9-17-11-13(16)15-8-6-7-12(2)3;1-2;/h12,14H,5,8-11H2,1-4H3,(H,15,16);1-2H3;1H. The summed E-state index contributed by atoms with van der Waals surface area (Å²) in [6, 6.07) is 0. The highest BCUT2D eigenvalue weighted by atomic mass is 33.1. The lowest BCUT2D eigenvalue weighted by Crippen LogP contribution is -2.28. The van der Waals surface area contributed by atoms with Crippen molar-refractivity contribution in [2.75, 3.05) is 32.6 Å². The van der Waals surface area contributed by atoms with Crippen LogP contribution in [0.5, 0.6) is 0 Å². The Morgan fingerprint density at radius 3 is 2.55 bits per heavy atom. The molecule has 0 aliphatic carbocycles. The molecule has 1 amide bonds. The van der Waals surface area contributed by atoms with Crippen LogP contribution in [-0.2, 0) is 14.3 Å². The summed E-state index contributed by atoms with van der Waals surface area (Å²) >= 11 is 0. The van der Waals surface area contributed by atoms with Crippen molar-refractivity contribution in [1.82, 2.24) is 5.32 Å². The van der Waals surface area contributed by atoms with Gasteiger partial charge in [-0.05, 0) is 12.7 Å². The SMILES string of the molecule is CC.CCC(OCCOCC(=O)NCC#CC(C)C)SSC.[HH]. The first-order valence-electron chi connectivity index (χ1n) is 7.74. The lowest BCUT2D eigenvalue weighted by atomic mass is 10.2. The average Bonchev–Trinajstić information content (AvgIpc) is 2.52. The van der Waals surface area contributed by atoms with Gasteiger partial charge in [0.1, 0.15) is 12.0 Å². The van der Waals surface area contributed by atoms with Gasteiger partial charge in [0.25, 0.3) is 0 Å². The second kappa shape index (κ2) is 18.7. The number of ether oxygens (including phenoxy) is 2. The Balaban J connectivity index is -0.00000128. The first kappa shape index (κ1) is 23.9. The molecule has 0 aliphatic rings. The first-order chi connectivity index (χ1) is 10.6. The predicted molar refractivity (Wildman–Crippen MR) is 101 cm³/mol. The minimum Gasteiger partial charge on any atom is -0.369 e. The molecule has 0 aromatic rings. The molecule has 0 saturated heterocycles. The van der Waals surface area contributed by atoms with Crippen molar-refractivity contribution >= 4 is 27.5 Å². The van der Waals surface area contributed by atoms with Crippen LogP contribution in [0.2, 0.25) is 0 Å². The molecule has 4 nitrogen and oxygen atoms in total. The third-order valence-corrected chi connectivity index (χ3v) is 4.16. The normalized spacial score (nSPS) is 11.0. The van der Waals surface area contributed by atoms with Crippen LogP contribution in [0.25, 0.3) is 0 Å². The van der Waals surface area contributed by atoms with Crippen molar-refractivity contribution in [2.45, 2.75) is 46.5 Å². The Bertz CT molecular complexity index is 320. The zero-order chi connectivity index (χ0) is 17.2. The van der Waals surface area contributed by atoms with E-state index in [4.69, 9.17) is 9.47 Å². The van der Waals surface area contributed by atoms with E-state index in [2.05, 4.69) is 24.1 Å². The molecule has 0 radical (unpaired) electrons. The van der Waals surface area contributed by atoms with Crippen molar-refractivity contribution in [1.29, 1.82) is 0 Å². The zero-order valence-electron chi connectivity index (χ0n) is 14.7. The average molecular weight is 352 g/mol. The summed E-state index contributed by atoms with van der Waals surface area (Å²) in [5.41, 5.74) is 0.189. The number of nitrogens with one attached hydrogen (secondary N) is 1. The number of hydrogen-bond acceptors (Lipinski definition) is 5. The maximum atomic E-state index is 11.4. The molecule has 0 bridgehead atoms. The number of hydrogen-bond donors (Lipinski definition) is 1. The van der Waals surface area contributed by atoms with Gasteiger partial charge < -0.3 is 14.8 Å². The first-order valence-corrected chi connectivity index (χ1v) is 10.4. The van der Waals surface area contributed by atoms with Gasteiger partial charge in [0, 0.05) is 7.34 Å². The minimum atomic E-state index is -0.145. The van der Waals surface area contributed by atoms with E-state index in [9.17, 15) is 4.79 Å². The molecule has 0 saturated carbocycles. The molecule has 0 aliphatic heterocycles. The van der Waals surface area contributed by atoms with E-state index in [1.54, 1.807) is 21.6 Å². The quantitative estimate of drug-likeness (QED) is 0.281. The van der Waals surface area contributed by atoms with E-state index < -0.39 is 0 Å². The van der Waals surface area contributed by atoms with Gasteiger partial charge in [-0.15, -0.1) is 0 Å². The maximum absolute atomic E-state index is 11.4. The topological polar surface area (TPSA) is 47.6 Å². The Morgan fingerprint density at radius 1 is 1.32 bits per heavy atom. The number of carbonyl (C=O) groups excluding carboxylic acids is 1. The molecular formula is C16H33NO3S2. The van der Waals surface area contributed by atoms with E-state index in [1.165, 1.54) is 0 Å². The largest absolute Gasteiger partial charge is 0.369 e.